The molecular formula is C15H21NO3. The first-order valence-corrected chi connectivity index (χ1v) is 6.66. The van der Waals surface area contributed by atoms with E-state index < -0.39 is 11.5 Å². The van der Waals surface area contributed by atoms with E-state index in [2.05, 4.69) is 5.32 Å². The Hall–Kier alpha value is -1.39. The number of benzene rings is 1. The highest BCUT2D eigenvalue weighted by molar-refractivity contribution is 5.83. The Morgan fingerprint density at radius 3 is 3.00 bits per heavy atom. The number of Topliss-reactive ketones (excluding diaryl/α,β-unsaturated/α-hetero) is 1. The minimum absolute atomic E-state index is 0.130. The largest absolute Gasteiger partial charge is 0.497 e. The molecule has 2 atom stereocenters. The number of carbonyl (C=O) groups is 1. The van der Waals surface area contributed by atoms with Gasteiger partial charge >= 0.3 is 0 Å². The van der Waals surface area contributed by atoms with Crippen LogP contribution in [0.5, 0.6) is 5.75 Å². The molecule has 4 heteroatoms. The van der Waals surface area contributed by atoms with Crippen LogP contribution in [0, 0.1) is 5.92 Å². The second-order valence-corrected chi connectivity index (χ2v) is 5.09. The average molecular weight is 263 g/mol. The fourth-order valence-electron chi connectivity index (χ4n) is 2.87. The Kier molecular flexibility index (Phi) is 4.22. The summed E-state index contributed by atoms with van der Waals surface area (Å²) >= 11 is 0. The summed E-state index contributed by atoms with van der Waals surface area (Å²) in [6.07, 6.45) is 1.89. The topological polar surface area (TPSA) is 58.6 Å². The summed E-state index contributed by atoms with van der Waals surface area (Å²) in [6.45, 7) is 0.493. The Bertz CT molecular complexity index is 460. The molecule has 0 saturated heterocycles. The maximum absolute atomic E-state index is 12.1. The lowest BCUT2D eigenvalue weighted by atomic mass is 9.70. The number of ketones is 1. The maximum atomic E-state index is 12.1. The van der Waals surface area contributed by atoms with Crippen LogP contribution < -0.4 is 10.1 Å². The second kappa shape index (κ2) is 5.72. The van der Waals surface area contributed by atoms with E-state index in [4.69, 9.17) is 4.74 Å². The van der Waals surface area contributed by atoms with E-state index in [1.165, 1.54) is 0 Å². The molecule has 0 spiro atoms. The van der Waals surface area contributed by atoms with Gasteiger partial charge in [-0.05, 0) is 37.6 Å². The summed E-state index contributed by atoms with van der Waals surface area (Å²) in [5.41, 5.74) is -0.326. The molecule has 4 nitrogen and oxygen atoms in total. The van der Waals surface area contributed by atoms with Crippen molar-refractivity contribution in [1.29, 1.82) is 0 Å². The highest BCUT2D eigenvalue weighted by Crippen LogP contribution is 2.40. The predicted octanol–water partition coefficient (Wildman–Crippen LogP) is 1.47. The van der Waals surface area contributed by atoms with Crippen molar-refractivity contribution in [2.75, 3.05) is 20.7 Å². The van der Waals surface area contributed by atoms with Gasteiger partial charge in [0.1, 0.15) is 17.1 Å². The van der Waals surface area contributed by atoms with Crippen molar-refractivity contribution in [3.63, 3.8) is 0 Å². The third-order valence-electron chi connectivity index (χ3n) is 3.92. The molecule has 2 rings (SSSR count). The van der Waals surface area contributed by atoms with Gasteiger partial charge in [0.05, 0.1) is 13.0 Å². The molecule has 1 aromatic rings. The van der Waals surface area contributed by atoms with Gasteiger partial charge in [0.15, 0.2) is 0 Å². The van der Waals surface area contributed by atoms with Crippen molar-refractivity contribution in [3.8, 4) is 5.75 Å². The summed E-state index contributed by atoms with van der Waals surface area (Å²) in [6, 6.07) is 7.37. The number of hydrogen-bond acceptors (Lipinski definition) is 4. The van der Waals surface area contributed by atoms with Crippen LogP contribution in [0.1, 0.15) is 24.8 Å². The SMILES string of the molecule is CNCC1C(=O)CCCC1(O)c1cccc(OC)c1. The van der Waals surface area contributed by atoms with Gasteiger partial charge in [-0.25, -0.2) is 0 Å². The van der Waals surface area contributed by atoms with Crippen LogP contribution in [0.4, 0.5) is 0 Å². The number of carbonyl (C=O) groups excluding carboxylic acids is 1. The molecule has 0 aromatic heterocycles. The van der Waals surface area contributed by atoms with E-state index >= 15 is 0 Å². The number of nitrogens with one attached hydrogen (secondary N) is 1. The van der Waals surface area contributed by atoms with Crippen molar-refractivity contribution in [2.45, 2.75) is 24.9 Å². The molecule has 0 bridgehead atoms. The third-order valence-corrected chi connectivity index (χ3v) is 3.92. The summed E-state index contributed by atoms with van der Waals surface area (Å²) in [5.74, 6) is 0.441. The molecular weight excluding hydrogens is 242 g/mol. The molecule has 104 valence electrons. The number of hydrogen-bond donors (Lipinski definition) is 2. The number of aliphatic hydroxyl groups is 1. The number of rotatable bonds is 4. The molecule has 19 heavy (non-hydrogen) atoms. The Balaban J connectivity index is 2.38. The highest BCUT2D eigenvalue weighted by Gasteiger charge is 2.44. The van der Waals surface area contributed by atoms with Crippen molar-refractivity contribution >= 4 is 5.78 Å². The lowest BCUT2D eigenvalue weighted by Crippen LogP contribution is -2.47. The van der Waals surface area contributed by atoms with Crippen LogP contribution in [0.25, 0.3) is 0 Å². The summed E-state index contributed by atoms with van der Waals surface area (Å²) in [5, 5.41) is 14.0. The third kappa shape index (κ3) is 2.65. The van der Waals surface area contributed by atoms with Crippen molar-refractivity contribution in [1.82, 2.24) is 5.32 Å². The smallest absolute Gasteiger partial charge is 0.140 e. The minimum Gasteiger partial charge on any atom is -0.497 e. The lowest BCUT2D eigenvalue weighted by molar-refractivity contribution is -0.139. The lowest BCUT2D eigenvalue weighted by Gasteiger charge is -2.39. The van der Waals surface area contributed by atoms with Crippen LogP contribution >= 0.6 is 0 Å². The van der Waals surface area contributed by atoms with Gasteiger partial charge in [0.25, 0.3) is 0 Å². The zero-order valence-electron chi connectivity index (χ0n) is 11.5. The van der Waals surface area contributed by atoms with Gasteiger partial charge in [-0.3, -0.25) is 4.79 Å². The standard InChI is InChI=1S/C15H21NO3/c1-16-10-13-14(17)7-4-8-15(13,18)11-5-3-6-12(9-11)19-2/h3,5-6,9,13,16,18H,4,7-8,10H2,1-2H3. The zero-order chi connectivity index (χ0) is 13.9. The maximum Gasteiger partial charge on any atom is 0.140 e. The molecule has 1 aromatic carbocycles. The van der Waals surface area contributed by atoms with Crippen LogP contribution in [-0.4, -0.2) is 31.6 Å². The monoisotopic (exact) mass is 263 g/mol. The molecule has 0 heterocycles. The Morgan fingerprint density at radius 1 is 1.53 bits per heavy atom. The van der Waals surface area contributed by atoms with E-state index in [1.807, 2.05) is 24.3 Å². The second-order valence-electron chi connectivity index (χ2n) is 5.09. The Labute approximate surface area is 113 Å². The van der Waals surface area contributed by atoms with Gasteiger partial charge in [0.2, 0.25) is 0 Å². The average Bonchev–Trinajstić information content (AvgIpc) is 2.43. The molecule has 0 radical (unpaired) electrons. The minimum atomic E-state index is -1.09. The van der Waals surface area contributed by atoms with Gasteiger partial charge < -0.3 is 15.2 Å². The molecule has 1 saturated carbocycles. The van der Waals surface area contributed by atoms with E-state index in [-0.39, 0.29) is 5.78 Å². The molecule has 2 unspecified atom stereocenters. The van der Waals surface area contributed by atoms with Crippen molar-refractivity contribution < 1.29 is 14.6 Å². The quantitative estimate of drug-likeness (QED) is 0.863. The summed E-state index contributed by atoms with van der Waals surface area (Å²) in [4.78, 5) is 12.1. The molecule has 1 fully saturated rings. The normalized spacial score (nSPS) is 27.3. The van der Waals surface area contributed by atoms with E-state index in [0.717, 1.165) is 12.0 Å². The van der Waals surface area contributed by atoms with E-state index in [1.54, 1.807) is 14.2 Å². The fraction of sp³-hybridized carbons (Fsp3) is 0.533. The molecule has 1 aliphatic rings. The van der Waals surface area contributed by atoms with Crippen LogP contribution in [-0.2, 0) is 10.4 Å². The van der Waals surface area contributed by atoms with Gasteiger partial charge in [0, 0.05) is 13.0 Å². The van der Waals surface area contributed by atoms with Crippen LogP contribution in [0.3, 0.4) is 0 Å². The van der Waals surface area contributed by atoms with Crippen LogP contribution in [0.2, 0.25) is 0 Å². The van der Waals surface area contributed by atoms with Gasteiger partial charge in [-0.2, -0.15) is 0 Å². The summed E-state index contributed by atoms with van der Waals surface area (Å²) < 4.78 is 5.20. The van der Waals surface area contributed by atoms with Gasteiger partial charge in [-0.1, -0.05) is 12.1 Å². The van der Waals surface area contributed by atoms with Crippen LogP contribution in [0.15, 0.2) is 24.3 Å². The number of ether oxygens (including phenoxy) is 1. The summed E-state index contributed by atoms with van der Waals surface area (Å²) in [7, 11) is 3.40. The van der Waals surface area contributed by atoms with E-state index in [9.17, 15) is 9.90 Å². The molecule has 0 aliphatic heterocycles. The molecule has 0 amide bonds. The Morgan fingerprint density at radius 2 is 2.32 bits per heavy atom. The van der Waals surface area contributed by atoms with Crippen molar-refractivity contribution in [2.24, 2.45) is 5.92 Å². The zero-order valence-corrected chi connectivity index (χ0v) is 11.5. The van der Waals surface area contributed by atoms with Crippen molar-refractivity contribution in [3.05, 3.63) is 29.8 Å². The first-order valence-electron chi connectivity index (χ1n) is 6.66. The molecule has 2 N–H and O–H groups in total. The molecule has 1 aliphatic carbocycles. The fourth-order valence-corrected chi connectivity index (χ4v) is 2.87. The first kappa shape index (κ1) is 14.0. The first-order chi connectivity index (χ1) is 9.11. The van der Waals surface area contributed by atoms with E-state index in [0.29, 0.717) is 25.1 Å². The highest BCUT2D eigenvalue weighted by atomic mass is 16.5. The predicted molar refractivity (Wildman–Crippen MR) is 73.2 cm³/mol. The number of methoxy groups -OCH3 is 1. The van der Waals surface area contributed by atoms with Gasteiger partial charge in [-0.15, -0.1) is 0 Å².